The largest absolute Gasteiger partial charge is 0.356 e. The molecule has 0 saturated heterocycles. The molecule has 26 heavy (non-hydrogen) atoms. The number of nitrogens with zero attached hydrogens (tertiary/aromatic N) is 1. The third-order valence-corrected chi connectivity index (χ3v) is 5.40. The Balaban J connectivity index is 1.74. The summed E-state index contributed by atoms with van der Waals surface area (Å²) >= 11 is 6.11. The van der Waals surface area contributed by atoms with Crippen molar-refractivity contribution in [2.24, 2.45) is 11.8 Å². The summed E-state index contributed by atoms with van der Waals surface area (Å²) in [4.78, 5) is 26.8. The van der Waals surface area contributed by atoms with Crippen LogP contribution in [0.2, 0.25) is 5.02 Å². The molecule has 1 aliphatic carbocycles. The van der Waals surface area contributed by atoms with Crippen LogP contribution in [0.1, 0.15) is 37.7 Å². The molecule has 2 rings (SSSR count). The smallest absolute Gasteiger partial charge is 0.227 e. The van der Waals surface area contributed by atoms with E-state index in [1.54, 1.807) is 6.07 Å². The number of carbonyl (C=O) groups is 2. The number of rotatable bonds is 7. The maximum absolute atomic E-state index is 12.5. The summed E-state index contributed by atoms with van der Waals surface area (Å²) in [7, 11) is 4.05. The molecule has 1 fully saturated rings. The van der Waals surface area contributed by atoms with Crippen molar-refractivity contribution < 1.29 is 9.59 Å². The minimum absolute atomic E-state index is 0.0229. The number of nitrogens with one attached hydrogen (secondary N) is 2. The zero-order valence-electron chi connectivity index (χ0n) is 16.0. The van der Waals surface area contributed by atoms with Crippen LogP contribution in [-0.2, 0) is 9.59 Å². The summed E-state index contributed by atoms with van der Waals surface area (Å²) in [5.41, 5.74) is 1.72. The van der Waals surface area contributed by atoms with E-state index < -0.39 is 0 Å². The lowest BCUT2D eigenvalue weighted by molar-refractivity contribution is -0.128. The summed E-state index contributed by atoms with van der Waals surface area (Å²) in [6.07, 6.45) is 4.00. The van der Waals surface area contributed by atoms with Gasteiger partial charge in [0.15, 0.2) is 0 Å². The molecule has 0 aliphatic heterocycles. The van der Waals surface area contributed by atoms with Gasteiger partial charge in [-0.2, -0.15) is 0 Å². The second kappa shape index (κ2) is 9.93. The molecule has 0 bridgehead atoms. The number of hydrogen-bond acceptors (Lipinski definition) is 3. The lowest BCUT2D eigenvalue weighted by atomic mass is 9.81. The van der Waals surface area contributed by atoms with E-state index in [4.69, 9.17) is 11.6 Å². The minimum Gasteiger partial charge on any atom is -0.356 e. The van der Waals surface area contributed by atoms with Gasteiger partial charge >= 0.3 is 0 Å². The van der Waals surface area contributed by atoms with Gasteiger partial charge in [-0.3, -0.25) is 9.59 Å². The molecule has 0 atom stereocenters. The number of anilines is 1. The van der Waals surface area contributed by atoms with Crippen LogP contribution >= 0.6 is 11.6 Å². The fraction of sp³-hybridized carbons (Fsp3) is 0.600. The Bertz CT molecular complexity index is 625. The molecule has 0 aromatic heterocycles. The monoisotopic (exact) mass is 379 g/mol. The number of amides is 2. The first-order valence-electron chi connectivity index (χ1n) is 9.36. The van der Waals surface area contributed by atoms with Crippen LogP contribution in [0.3, 0.4) is 0 Å². The highest BCUT2D eigenvalue weighted by molar-refractivity contribution is 6.31. The number of benzene rings is 1. The fourth-order valence-corrected chi connectivity index (χ4v) is 3.46. The second-order valence-corrected chi connectivity index (χ2v) is 7.86. The molecule has 1 aliphatic rings. The average Bonchev–Trinajstić information content (AvgIpc) is 2.61. The van der Waals surface area contributed by atoms with Crippen LogP contribution < -0.4 is 10.6 Å². The molecule has 1 saturated carbocycles. The van der Waals surface area contributed by atoms with Crippen molar-refractivity contribution in [1.29, 1.82) is 0 Å². The standard InChI is InChI=1S/C20H30ClN3O2/c1-14-5-10-17(13-18(14)21)23-20(26)16-8-6-15(7-9-16)19(25)22-11-4-12-24(2)3/h5,10,13,15-16H,4,6-9,11-12H2,1-3H3,(H,22,25)(H,23,26). The maximum atomic E-state index is 12.5. The van der Waals surface area contributed by atoms with E-state index in [0.717, 1.165) is 49.9 Å². The summed E-state index contributed by atoms with van der Waals surface area (Å²) in [6, 6.07) is 5.54. The molecule has 5 nitrogen and oxygen atoms in total. The highest BCUT2D eigenvalue weighted by Gasteiger charge is 2.29. The van der Waals surface area contributed by atoms with Crippen molar-refractivity contribution in [3.8, 4) is 0 Å². The van der Waals surface area contributed by atoms with Crippen LogP contribution in [0.4, 0.5) is 5.69 Å². The summed E-state index contributed by atoms with van der Waals surface area (Å²) in [5, 5.41) is 6.62. The molecule has 2 amide bonds. The van der Waals surface area contributed by atoms with Gasteiger partial charge in [-0.25, -0.2) is 0 Å². The first kappa shape index (κ1) is 20.7. The Labute approximate surface area is 161 Å². The number of hydrogen-bond donors (Lipinski definition) is 2. The molecular formula is C20H30ClN3O2. The van der Waals surface area contributed by atoms with E-state index in [1.807, 2.05) is 33.2 Å². The summed E-state index contributed by atoms with van der Waals surface area (Å²) in [6.45, 7) is 3.61. The van der Waals surface area contributed by atoms with E-state index in [1.165, 1.54) is 0 Å². The van der Waals surface area contributed by atoms with Gasteiger partial charge < -0.3 is 15.5 Å². The van der Waals surface area contributed by atoms with Gasteiger partial charge in [0.1, 0.15) is 0 Å². The van der Waals surface area contributed by atoms with Gasteiger partial charge in [0.25, 0.3) is 0 Å². The molecule has 0 radical (unpaired) electrons. The number of halogens is 1. The molecule has 2 N–H and O–H groups in total. The van der Waals surface area contributed by atoms with Crippen LogP contribution in [0, 0.1) is 18.8 Å². The van der Waals surface area contributed by atoms with Gasteiger partial charge in [-0.1, -0.05) is 17.7 Å². The average molecular weight is 380 g/mol. The van der Waals surface area contributed by atoms with E-state index in [-0.39, 0.29) is 23.7 Å². The predicted octanol–water partition coefficient (Wildman–Crippen LogP) is 3.46. The lowest BCUT2D eigenvalue weighted by Crippen LogP contribution is -2.36. The Morgan fingerprint density at radius 1 is 1.12 bits per heavy atom. The van der Waals surface area contributed by atoms with Gasteiger partial charge in [0.2, 0.25) is 11.8 Å². The third kappa shape index (κ3) is 6.29. The predicted molar refractivity (Wildman–Crippen MR) is 106 cm³/mol. The van der Waals surface area contributed by atoms with Crippen molar-refractivity contribution in [3.63, 3.8) is 0 Å². The zero-order chi connectivity index (χ0) is 19.1. The van der Waals surface area contributed by atoms with Crippen molar-refractivity contribution in [1.82, 2.24) is 10.2 Å². The normalized spacial score (nSPS) is 20.0. The molecular weight excluding hydrogens is 350 g/mol. The third-order valence-electron chi connectivity index (χ3n) is 4.99. The van der Waals surface area contributed by atoms with Gasteiger partial charge in [-0.15, -0.1) is 0 Å². The quantitative estimate of drug-likeness (QED) is 0.713. The molecule has 0 spiro atoms. The number of carbonyl (C=O) groups excluding carboxylic acids is 2. The molecule has 1 aromatic carbocycles. The number of aryl methyl sites for hydroxylation is 1. The van der Waals surface area contributed by atoms with E-state index >= 15 is 0 Å². The Hall–Kier alpha value is -1.59. The maximum Gasteiger partial charge on any atom is 0.227 e. The molecule has 1 aromatic rings. The minimum atomic E-state index is -0.0344. The van der Waals surface area contributed by atoms with Gasteiger partial charge in [-0.05, 0) is 77.4 Å². The fourth-order valence-electron chi connectivity index (χ4n) is 3.28. The lowest BCUT2D eigenvalue weighted by Gasteiger charge is -2.27. The van der Waals surface area contributed by atoms with Crippen molar-refractivity contribution in [3.05, 3.63) is 28.8 Å². The zero-order valence-corrected chi connectivity index (χ0v) is 16.7. The highest BCUT2D eigenvalue weighted by Crippen LogP contribution is 2.30. The summed E-state index contributed by atoms with van der Waals surface area (Å²) < 4.78 is 0. The van der Waals surface area contributed by atoms with Crippen LogP contribution in [-0.4, -0.2) is 43.9 Å². The second-order valence-electron chi connectivity index (χ2n) is 7.45. The van der Waals surface area contributed by atoms with Crippen molar-refractivity contribution in [2.45, 2.75) is 39.0 Å². The topological polar surface area (TPSA) is 61.4 Å². The van der Waals surface area contributed by atoms with Gasteiger partial charge in [0, 0.05) is 29.1 Å². The highest BCUT2D eigenvalue weighted by atomic mass is 35.5. The molecule has 0 unspecified atom stereocenters. The van der Waals surface area contributed by atoms with Crippen molar-refractivity contribution in [2.75, 3.05) is 32.5 Å². The molecule has 0 heterocycles. The van der Waals surface area contributed by atoms with E-state index in [2.05, 4.69) is 15.5 Å². The Morgan fingerprint density at radius 3 is 2.31 bits per heavy atom. The van der Waals surface area contributed by atoms with Crippen LogP contribution in [0.25, 0.3) is 0 Å². The van der Waals surface area contributed by atoms with Crippen LogP contribution in [0.15, 0.2) is 18.2 Å². The summed E-state index contributed by atoms with van der Waals surface area (Å²) in [5.74, 6) is 0.155. The van der Waals surface area contributed by atoms with E-state index in [9.17, 15) is 9.59 Å². The van der Waals surface area contributed by atoms with Crippen LogP contribution in [0.5, 0.6) is 0 Å². The first-order valence-corrected chi connectivity index (χ1v) is 9.74. The first-order chi connectivity index (χ1) is 12.4. The van der Waals surface area contributed by atoms with Gasteiger partial charge in [0.05, 0.1) is 0 Å². The molecule has 144 valence electrons. The van der Waals surface area contributed by atoms with E-state index in [0.29, 0.717) is 11.6 Å². The Morgan fingerprint density at radius 2 is 1.73 bits per heavy atom. The molecule has 6 heteroatoms. The Kier molecular flexibility index (Phi) is 7.91. The SMILES string of the molecule is Cc1ccc(NC(=O)C2CCC(C(=O)NCCCN(C)C)CC2)cc1Cl. The van der Waals surface area contributed by atoms with Crippen molar-refractivity contribution >= 4 is 29.1 Å².